The second-order valence-corrected chi connectivity index (χ2v) is 5.70. The van der Waals surface area contributed by atoms with Crippen molar-refractivity contribution in [3.8, 4) is 0 Å². The summed E-state index contributed by atoms with van der Waals surface area (Å²) in [6, 6.07) is 0. The summed E-state index contributed by atoms with van der Waals surface area (Å²) in [6.45, 7) is 10.4. The van der Waals surface area contributed by atoms with E-state index in [4.69, 9.17) is 4.74 Å². The van der Waals surface area contributed by atoms with Crippen LogP contribution in [-0.2, 0) is 9.53 Å². The van der Waals surface area contributed by atoms with Crippen molar-refractivity contribution in [3.63, 3.8) is 0 Å². The van der Waals surface area contributed by atoms with Crippen molar-refractivity contribution >= 4 is 5.97 Å². The summed E-state index contributed by atoms with van der Waals surface area (Å²) >= 11 is 0. The number of esters is 1. The molecule has 1 saturated carbocycles. The maximum Gasteiger partial charge on any atom is 0.333 e. The first-order valence-electron chi connectivity index (χ1n) is 6.83. The molecule has 0 spiro atoms. The van der Waals surface area contributed by atoms with E-state index >= 15 is 0 Å². The number of ether oxygens (including phenoxy) is 1. The van der Waals surface area contributed by atoms with Crippen LogP contribution in [0.3, 0.4) is 0 Å². The Bertz CT molecular complexity index is 262. The molecule has 1 atom stereocenters. The molecule has 0 amide bonds. The topological polar surface area (TPSA) is 26.3 Å². The second-order valence-electron chi connectivity index (χ2n) is 5.70. The Labute approximate surface area is 105 Å². The predicted molar refractivity (Wildman–Crippen MR) is 70.7 cm³/mol. The van der Waals surface area contributed by atoms with Gasteiger partial charge in [0, 0.05) is 5.57 Å². The van der Waals surface area contributed by atoms with Gasteiger partial charge < -0.3 is 4.74 Å². The molecule has 2 nitrogen and oxygen atoms in total. The Hall–Kier alpha value is -0.790. The van der Waals surface area contributed by atoms with E-state index in [1.165, 1.54) is 25.7 Å². The Kier molecular flexibility index (Phi) is 5.73. The van der Waals surface area contributed by atoms with E-state index in [-0.39, 0.29) is 5.97 Å². The highest BCUT2D eigenvalue weighted by molar-refractivity contribution is 5.86. The molecule has 1 aliphatic rings. The van der Waals surface area contributed by atoms with E-state index in [2.05, 4.69) is 20.4 Å². The van der Waals surface area contributed by atoms with Crippen LogP contribution in [0.15, 0.2) is 12.2 Å². The van der Waals surface area contributed by atoms with Crippen LogP contribution in [0.4, 0.5) is 0 Å². The van der Waals surface area contributed by atoms with Crippen LogP contribution >= 0.6 is 0 Å². The fourth-order valence-corrected chi connectivity index (χ4v) is 2.55. The number of hydrogen-bond donors (Lipinski definition) is 0. The smallest absolute Gasteiger partial charge is 0.333 e. The van der Waals surface area contributed by atoms with E-state index in [0.717, 1.165) is 18.3 Å². The largest absolute Gasteiger partial charge is 0.462 e. The predicted octanol–water partition coefficient (Wildman–Crippen LogP) is 3.96. The fraction of sp³-hybridized carbons (Fsp3) is 0.800. The van der Waals surface area contributed by atoms with Gasteiger partial charge in [-0.15, -0.1) is 0 Å². The third kappa shape index (κ3) is 4.93. The van der Waals surface area contributed by atoms with Crippen LogP contribution in [0, 0.1) is 17.8 Å². The SMILES string of the molecule is C=C(C)C(=O)OCCC(C)C1CCC(C)CC1. The summed E-state index contributed by atoms with van der Waals surface area (Å²) in [5.41, 5.74) is 0.490. The average molecular weight is 238 g/mol. The lowest BCUT2D eigenvalue weighted by atomic mass is 9.76. The molecule has 0 radical (unpaired) electrons. The molecule has 0 aromatic rings. The Balaban J connectivity index is 2.18. The third-order valence-corrected chi connectivity index (χ3v) is 4.02. The number of rotatable bonds is 5. The third-order valence-electron chi connectivity index (χ3n) is 4.02. The average Bonchev–Trinajstić information content (AvgIpc) is 2.29. The fourth-order valence-electron chi connectivity index (χ4n) is 2.55. The first-order chi connectivity index (χ1) is 8.00. The van der Waals surface area contributed by atoms with Gasteiger partial charge in [0.15, 0.2) is 0 Å². The molecular formula is C15H26O2. The van der Waals surface area contributed by atoms with Gasteiger partial charge in [-0.2, -0.15) is 0 Å². The summed E-state index contributed by atoms with van der Waals surface area (Å²) in [6.07, 6.45) is 6.40. The van der Waals surface area contributed by atoms with E-state index in [1.807, 2.05) is 0 Å². The van der Waals surface area contributed by atoms with Gasteiger partial charge in [-0.25, -0.2) is 4.79 Å². The quantitative estimate of drug-likeness (QED) is 0.535. The van der Waals surface area contributed by atoms with Crippen molar-refractivity contribution in [2.45, 2.75) is 52.9 Å². The molecule has 1 unspecified atom stereocenters. The number of hydrogen-bond acceptors (Lipinski definition) is 2. The van der Waals surface area contributed by atoms with E-state index < -0.39 is 0 Å². The molecule has 17 heavy (non-hydrogen) atoms. The molecule has 0 aromatic carbocycles. The van der Waals surface area contributed by atoms with Gasteiger partial charge in [-0.05, 0) is 43.9 Å². The van der Waals surface area contributed by atoms with Crippen LogP contribution in [-0.4, -0.2) is 12.6 Å². The van der Waals surface area contributed by atoms with Gasteiger partial charge in [-0.3, -0.25) is 0 Å². The first kappa shape index (κ1) is 14.3. The van der Waals surface area contributed by atoms with Gasteiger partial charge in [0.05, 0.1) is 6.61 Å². The van der Waals surface area contributed by atoms with Crippen molar-refractivity contribution in [3.05, 3.63) is 12.2 Å². The van der Waals surface area contributed by atoms with Crippen molar-refractivity contribution in [1.82, 2.24) is 0 Å². The van der Waals surface area contributed by atoms with Crippen molar-refractivity contribution in [1.29, 1.82) is 0 Å². The van der Waals surface area contributed by atoms with Gasteiger partial charge in [0.1, 0.15) is 0 Å². The normalized spacial score (nSPS) is 26.3. The van der Waals surface area contributed by atoms with Gasteiger partial charge in [-0.1, -0.05) is 33.3 Å². The maximum atomic E-state index is 11.2. The van der Waals surface area contributed by atoms with Crippen LogP contribution in [0.25, 0.3) is 0 Å². The molecular weight excluding hydrogens is 212 g/mol. The van der Waals surface area contributed by atoms with E-state index in [0.29, 0.717) is 18.1 Å². The number of carbonyl (C=O) groups excluding carboxylic acids is 1. The van der Waals surface area contributed by atoms with Crippen LogP contribution in [0.2, 0.25) is 0 Å². The summed E-state index contributed by atoms with van der Waals surface area (Å²) in [5.74, 6) is 2.14. The second kappa shape index (κ2) is 6.83. The molecule has 0 heterocycles. The first-order valence-corrected chi connectivity index (χ1v) is 6.83. The van der Waals surface area contributed by atoms with Crippen molar-refractivity contribution in [2.24, 2.45) is 17.8 Å². The molecule has 0 saturated heterocycles. The van der Waals surface area contributed by atoms with Crippen LogP contribution in [0.1, 0.15) is 52.9 Å². The highest BCUT2D eigenvalue weighted by Crippen LogP contribution is 2.34. The Morgan fingerprint density at radius 1 is 1.35 bits per heavy atom. The Morgan fingerprint density at radius 3 is 2.47 bits per heavy atom. The summed E-state index contributed by atoms with van der Waals surface area (Å²) < 4.78 is 5.15. The van der Waals surface area contributed by atoms with E-state index in [1.54, 1.807) is 6.92 Å². The van der Waals surface area contributed by atoms with E-state index in [9.17, 15) is 4.79 Å². The summed E-state index contributed by atoms with van der Waals surface area (Å²) in [7, 11) is 0. The summed E-state index contributed by atoms with van der Waals surface area (Å²) in [4.78, 5) is 11.2. The van der Waals surface area contributed by atoms with Gasteiger partial charge in [0.2, 0.25) is 0 Å². The standard InChI is InChI=1S/C15H26O2/c1-11(2)15(16)17-10-9-13(4)14-7-5-12(3)6-8-14/h12-14H,1,5-10H2,2-4H3. The zero-order valence-corrected chi connectivity index (χ0v) is 11.5. The molecule has 1 fully saturated rings. The van der Waals surface area contributed by atoms with Crippen molar-refractivity contribution < 1.29 is 9.53 Å². The van der Waals surface area contributed by atoms with Gasteiger partial charge in [0.25, 0.3) is 0 Å². The molecule has 0 aromatic heterocycles. The zero-order valence-electron chi connectivity index (χ0n) is 11.5. The minimum Gasteiger partial charge on any atom is -0.462 e. The lowest BCUT2D eigenvalue weighted by molar-refractivity contribution is -0.139. The zero-order chi connectivity index (χ0) is 12.8. The highest BCUT2D eigenvalue weighted by Gasteiger charge is 2.23. The molecule has 1 aliphatic carbocycles. The molecule has 2 heteroatoms. The molecule has 0 aliphatic heterocycles. The van der Waals surface area contributed by atoms with Crippen LogP contribution < -0.4 is 0 Å². The number of carbonyl (C=O) groups is 1. The lowest BCUT2D eigenvalue weighted by Crippen LogP contribution is -2.20. The Morgan fingerprint density at radius 2 is 1.94 bits per heavy atom. The maximum absolute atomic E-state index is 11.2. The van der Waals surface area contributed by atoms with Crippen molar-refractivity contribution in [2.75, 3.05) is 6.61 Å². The monoisotopic (exact) mass is 238 g/mol. The lowest BCUT2D eigenvalue weighted by Gasteiger charge is -2.30. The summed E-state index contributed by atoms with van der Waals surface area (Å²) in [5, 5.41) is 0. The molecule has 98 valence electrons. The molecule has 0 N–H and O–H groups in total. The van der Waals surface area contributed by atoms with Crippen LogP contribution in [0.5, 0.6) is 0 Å². The highest BCUT2D eigenvalue weighted by atomic mass is 16.5. The van der Waals surface area contributed by atoms with Gasteiger partial charge >= 0.3 is 5.97 Å². The minimum absolute atomic E-state index is 0.255. The minimum atomic E-state index is -0.255. The molecule has 1 rings (SSSR count). The molecule has 0 bridgehead atoms.